The first-order valence-electron chi connectivity index (χ1n) is 6.66. The highest BCUT2D eigenvalue weighted by Crippen LogP contribution is 2.32. The molecule has 0 amide bonds. The summed E-state index contributed by atoms with van der Waals surface area (Å²) in [7, 11) is 0. The molecule has 96 valence electrons. The van der Waals surface area contributed by atoms with Crippen molar-refractivity contribution in [3.05, 3.63) is 0 Å². The zero-order valence-electron chi connectivity index (χ0n) is 11.8. The van der Waals surface area contributed by atoms with E-state index in [0.29, 0.717) is 5.41 Å². The van der Waals surface area contributed by atoms with Gasteiger partial charge in [-0.05, 0) is 57.9 Å². The maximum Gasteiger partial charge on any atom is 0.0166 e. The van der Waals surface area contributed by atoms with Gasteiger partial charge in [0, 0.05) is 11.1 Å². The fraction of sp³-hybridized carbons (Fsp3) is 1.00. The highest BCUT2D eigenvalue weighted by molar-refractivity contribution is 4.94. The van der Waals surface area contributed by atoms with Crippen molar-refractivity contribution in [3.63, 3.8) is 0 Å². The van der Waals surface area contributed by atoms with Gasteiger partial charge in [0.2, 0.25) is 0 Å². The lowest BCUT2D eigenvalue weighted by atomic mass is 9.75. The van der Waals surface area contributed by atoms with Gasteiger partial charge in [0.05, 0.1) is 0 Å². The molecular weight excluding hydrogens is 196 g/mol. The topological polar surface area (TPSA) is 38.0 Å². The van der Waals surface area contributed by atoms with Crippen LogP contribution in [0.4, 0.5) is 0 Å². The second-order valence-corrected chi connectivity index (χ2v) is 7.51. The van der Waals surface area contributed by atoms with E-state index in [1.807, 2.05) is 0 Å². The van der Waals surface area contributed by atoms with Crippen molar-refractivity contribution in [1.82, 2.24) is 5.32 Å². The summed E-state index contributed by atoms with van der Waals surface area (Å²) in [6.07, 6.45) is 6.07. The van der Waals surface area contributed by atoms with Crippen molar-refractivity contribution in [2.75, 3.05) is 6.54 Å². The number of hydrogen-bond acceptors (Lipinski definition) is 2. The molecule has 1 aliphatic rings. The minimum atomic E-state index is 0.158. The van der Waals surface area contributed by atoms with E-state index in [0.717, 1.165) is 13.0 Å². The molecule has 2 heteroatoms. The van der Waals surface area contributed by atoms with E-state index >= 15 is 0 Å². The van der Waals surface area contributed by atoms with Gasteiger partial charge < -0.3 is 11.1 Å². The SMILES string of the molecule is CC(C)(C)CC(C)(C)NCCC1(N)CCC1. The Morgan fingerprint density at radius 1 is 1.12 bits per heavy atom. The average Bonchev–Trinajstić information content (AvgIpc) is 1.95. The fourth-order valence-corrected chi connectivity index (χ4v) is 2.92. The minimum Gasteiger partial charge on any atom is -0.325 e. The molecule has 0 saturated heterocycles. The minimum absolute atomic E-state index is 0.158. The first-order valence-corrected chi connectivity index (χ1v) is 6.66. The Balaban J connectivity index is 2.25. The van der Waals surface area contributed by atoms with Crippen LogP contribution in [0.3, 0.4) is 0 Å². The molecule has 0 bridgehead atoms. The molecule has 2 nitrogen and oxygen atoms in total. The largest absolute Gasteiger partial charge is 0.325 e. The van der Waals surface area contributed by atoms with Gasteiger partial charge in [0.25, 0.3) is 0 Å². The fourth-order valence-electron chi connectivity index (χ4n) is 2.92. The maximum atomic E-state index is 6.22. The van der Waals surface area contributed by atoms with Crippen LogP contribution in [0.5, 0.6) is 0 Å². The summed E-state index contributed by atoms with van der Waals surface area (Å²) in [6, 6.07) is 0. The van der Waals surface area contributed by atoms with Crippen LogP contribution in [0.15, 0.2) is 0 Å². The van der Waals surface area contributed by atoms with Gasteiger partial charge in [0.15, 0.2) is 0 Å². The van der Waals surface area contributed by atoms with E-state index in [4.69, 9.17) is 5.73 Å². The monoisotopic (exact) mass is 226 g/mol. The number of rotatable bonds is 5. The van der Waals surface area contributed by atoms with Crippen molar-refractivity contribution < 1.29 is 0 Å². The molecule has 0 radical (unpaired) electrons. The molecule has 16 heavy (non-hydrogen) atoms. The molecule has 0 spiro atoms. The predicted molar refractivity (Wildman–Crippen MR) is 71.5 cm³/mol. The zero-order valence-corrected chi connectivity index (χ0v) is 11.8. The van der Waals surface area contributed by atoms with E-state index in [-0.39, 0.29) is 11.1 Å². The molecule has 1 rings (SSSR count). The Bertz CT molecular complexity index is 221. The quantitative estimate of drug-likeness (QED) is 0.756. The first-order chi connectivity index (χ1) is 7.12. The van der Waals surface area contributed by atoms with Crippen molar-refractivity contribution in [2.24, 2.45) is 11.1 Å². The molecule has 1 saturated carbocycles. The third kappa shape index (κ3) is 4.84. The molecule has 0 heterocycles. The zero-order chi connectivity index (χ0) is 12.4. The third-order valence-corrected chi connectivity index (χ3v) is 3.55. The van der Waals surface area contributed by atoms with Crippen LogP contribution >= 0.6 is 0 Å². The van der Waals surface area contributed by atoms with Crippen LogP contribution in [0, 0.1) is 5.41 Å². The Morgan fingerprint density at radius 3 is 2.06 bits per heavy atom. The lowest BCUT2D eigenvalue weighted by Crippen LogP contribution is -2.51. The molecule has 1 aliphatic carbocycles. The van der Waals surface area contributed by atoms with E-state index < -0.39 is 0 Å². The van der Waals surface area contributed by atoms with Crippen LogP contribution in [0.25, 0.3) is 0 Å². The highest BCUT2D eigenvalue weighted by atomic mass is 15.0. The van der Waals surface area contributed by atoms with Gasteiger partial charge in [0.1, 0.15) is 0 Å². The molecular formula is C14H30N2. The highest BCUT2D eigenvalue weighted by Gasteiger charge is 2.32. The number of nitrogens with one attached hydrogen (secondary N) is 1. The molecule has 0 aromatic rings. The average molecular weight is 226 g/mol. The van der Waals surface area contributed by atoms with Gasteiger partial charge in [-0.15, -0.1) is 0 Å². The Hall–Kier alpha value is -0.0800. The van der Waals surface area contributed by atoms with Gasteiger partial charge >= 0.3 is 0 Å². The molecule has 0 unspecified atom stereocenters. The molecule has 1 fully saturated rings. The van der Waals surface area contributed by atoms with Crippen LogP contribution in [0.1, 0.15) is 66.7 Å². The van der Waals surface area contributed by atoms with Crippen LogP contribution < -0.4 is 11.1 Å². The molecule has 0 aromatic carbocycles. The summed E-state index contributed by atoms with van der Waals surface area (Å²) in [5, 5.41) is 3.66. The Morgan fingerprint density at radius 2 is 1.69 bits per heavy atom. The summed E-state index contributed by atoms with van der Waals surface area (Å²) >= 11 is 0. The van der Waals surface area contributed by atoms with E-state index in [1.54, 1.807) is 0 Å². The smallest absolute Gasteiger partial charge is 0.0166 e. The Kier molecular flexibility index (Phi) is 4.07. The molecule has 0 atom stereocenters. The predicted octanol–water partition coefficient (Wildman–Crippen LogP) is 3.06. The van der Waals surface area contributed by atoms with Crippen molar-refractivity contribution in [2.45, 2.75) is 77.8 Å². The van der Waals surface area contributed by atoms with Gasteiger partial charge in [-0.2, -0.15) is 0 Å². The second-order valence-electron chi connectivity index (χ2n) is 7.51. The number of nitrogens with two attached hydrogens (primary N) is 1. The second kappa shape index (κ2) is 4.66. The maximum absolute atomic E-state index is 6.22. The van der Waals surface area contributed by atoms with Crippen molar-refractivity contribution >= 4 is 0 Å². The third-order valence-electron chi connectivity index (χ3n) is 3.55. The van der Waals surface area contributed by atoms with Crippen LogP contribution in [-0.4, -0.2) is 17.6 Å². The van der Waals surface area contributed by atoms with E-state index in [2.05, 4.69) is 39.9 Å². The lowest BCUT2D eigenvalue weighted by Gasteiger charge is -2.40. The lowest BCUT2D eigenvalue weighted by molar-refractivity contribution is 0.202. The summed E-state index contributed by atoms with van der Waals surface area (Å²) < 4.78 is 0. The van der Waals surface area contributed by atoms with Crippen molar-refractivity contribution in [3.8, 4) is 0 Å². The molecule has 3 N–H and O–H groups in total. The summed E-state index contributed by atoms with van der Waals surface area (Å²) in [5.74, 6) is 0. The van der Waals surface area contributed by atoms with E-state index in [9.17, 15) is 0 Å². The summed E-state index contributed by atoms with van der Waals surface area (Å²) in [6.45, 7) is 12.5. The molecule has 0 aromatic heterocycles. The summed E-state index contributed by atoms with van der Waals surface area (Å²) in [4.78, 5) is 0. The number of hydrogen-bond donors (Lipinski definition) is 2. The summed E-state index contributed by atoms with van der Waals surface area (Å²) in [5.41, 5.74) is 6.98. The normalized spacial score (nSPS) is 20.6. The van der Waals surface area contributed by atoms with Gasteiger partial charge in [-0.25, -0.2) is 0 Å². The van der Waals surface area contributed by atoms with Crippen LogP contribution in [0.2, 0.25) is 0 Å². The van der Waals surface area contributed by atoms with E-state index in [1.165, 1.54) is 25.7 Å². The van der Waals surface area contributed by atoms with Gasteiger partial charge in [-0.1, -0.05) is 20.8 Å². The van der Waals surface area contributed by atoms with Crippen molar-refractivity contribution in [1.29, 1.82) is 0 Å². The first kappa shape index (κ1) is 14.0. The van der Waals surface area contributed by atoms with Crippen LogP contribution in [-0.2, 0) is 0 Å². The van der Waals surface area contributed by atoms with Gasteiger partial charge in [-0.3, -0.25) is 0 Å². The molecule has 0 aliphatic heterocycles. The standard InChI is InChI=1S/C14H30N2/c1-12(2,3)11-13(4,5)16-10-9-14(15)7-6-8-14/h16H,6-11,15H2,1-5H3. The Labute approximate surface area is 101 Å².